The maximum atomic E-state index is 13.0. The molecular formula is C24H30N2O7S. The van der Waals surface area contributed by atoms with E-state index in [2.05, 4.69) is 0 Å². The molecule has 0 radical (unpaired) electrons. The van der Waals surface area contributed by atoms with Crippen LogP contribution >= 0.6 is 0 Å². The molecule has 0 N–H and O–H groups in total. The van der Waals surface area contributed by atoms with Crippen molar-refractivity contribution in [2.24, 2.45) is 0 Å². The third-order valence-corrected chi connectivity index (χ3v) is 8.61. The minimum atomic E-state index is -3.15. The Morgan fingerprint density at radius 3 is 2.21 bits per heavy atom. The second kappa shape index (κ2) is 10.2. The first kappa shape index (κ1) is 24.4. The Balaban J connectivity index is 1.27. The number of fused-ring (bicyclic) bond motifs is 1. The van der Waals surface area contributed by atoms with Crippen molar-refractivity contribution in [1.82, 2.24) is 9.80 Å². The van der Waals surface area contributed by atoms with Gasteiger partial charge in [-0.1, -0.05) is 31.4 Å². The van der Waals surface area contributed by atoms with Crippen LogP contribution in [0.3, 0.4) is 0 Å². The molecule has 4 rings (SSSR count). The number of ether oxygens (including phenoxy) is 1. The van der Waals surface area contributed by atoms with Gasteiger partial charge in [-0.3, -0.25) is 24.1 Å². The van der Waals surface area contributed by atoms with Crippen LogP contribution in [-0.4, -0.2) is 78.6 Å². The molecular weight excluding hydrogens is 460 g/mol. The highest BCUT2D eigenvalue weighted by molar-refractivity contribution is 7.91. The fourth-order valence-electron chi connectivity index (χ4n) is 5.17. The van der Waals surface area contributed by atoms with Crippen molar-refractivity contribution in [2.45, 2.75) is 63.5 Å². The molecule has 3 aliphatic rings. The molecule has 1 saturated heterocycles. The molecule has 1 aliphatic carbocycles. The van der Waals surface area contributed by atoms with Crippen molar-refractivity contribution in [2.75, 3.05) is 24.7 Å². The van der Waals surface area contributed by atoms with E-state index >= 15 is 0 Å². The number of benzene rings is 1. The lowest BCUT2D eigenvalue weighted by Gasteiger charge is -2.38. The Bertz CT molecular complexity index is 1040. The van der Waals surface area contributed by atoms with Crippen molar-refractivity contribution in [3.05, 3.63) is 35.4 Å². The molecule has 2 aliphatic heterocycles. The number of carbonyl (C=O) groups excluding carboxylic acids is 4. The van der Waals surface area contributed by atoms with Gasteiger partial charge in [0.2, 0.25) is 0 Å². The summed E-state index contributed by atoms with van der Waals surface area (Å²) >= 11 is 0. The van der Waals surface area contributed by atoms with Gasteiger partial charge >= 0.3 is 5.97 Å². The summed E-state index contributed by atoms with van der Waals surface area (Å²) in [5.74, 6) is -1.66. The first-order valence-electron chi connectivity index (χ1n) is 11.9. The van der Waals surface area contributed by atoms with Crippen LogP contribution in [0.25, 0.3) is 0 Å². The Morgan fingerprint density at radius 1 is 0.971 bits per heavy atom. The molecule has 1 aromatic rings. The van der Waals surface area contributed by atoms with Crippen molar-refractivity contribution in [3.8, 4) is 0 Å². The molecule has 9 nitrogen and oxygen atoms in total. The van der Waals surface area contributed by atoms with Gasteiger partial charge in [0.15, 0.2) is 16.4 Å². The van der Waals surface area contributed by atoms with E-state index in [-0.39, 0.29) is 60.7 Å². The lowest BCUT2D eigenvalue weighted by molar-refractivity contribution is -0.154. The van der Waals surface area contributed by atoms with Crippen molar-refractivity contribution < 1.29 is 32.3 Å². The number of hydrogen-bond donors (Lipinski definition) is 0. The summed E-state index contributed by atoms with van der Waals surface area (Å²) in [6.45, 7) is -0.345. The van der Waals surface area contributed by atoms with Gasteiger partial charge < -0.3 is 9.64 Å². The van der Waals surface area contributed by atoms with E-state index in [0.717, 1.165) is 37.0 Å². The highest BCUT2D eigenvalue weighted by Gasteiger charge is 2.39. The molecule has 1 aromatic carbocycles. The van der Waals surface area contributed by atoms with Crippen molar-refractivity contribution in [3.63, 3.8) is 0 Å². The first-order chi connectivity index (χ1) is 16.3. The number of sulfone groups is 1. The van der Waals surface area contributed by atoms with E-state index in [1.165, 1.54) is 0 Å². The summed E-state index contributed by atoms with van der Waals surface area (Å²) in [5, 5.41) is 0. The van der Waals surface area contributed by atoms with Crippen LogP contribution in [0.1, 0.15) is 72.1 Å². The summed E-state index contributed by atoms with van der Waals surface area (Å²) in [5.41, 5.74) is 0.717. The third-order valence-electron chi connectivity index (χ3n) is 6.86. The zero-order valence-corrected chi connectivity index (χ0v) is 19.9. The van der Waals surface area contributed by atoms with Gasteiger partial charge in [-0.25, -0.2) is 8.42 Å². The van der Waals surface area contributed by atoms with Gasteiger partial charge in [0.1, 0.15) is 0 Å². The quantitative estimate of drug-likeness (QED) is 0.404. The predicted octanol–water partition coefficient (Wildman–Crippen LogP) is 1.95. The Labute approximate surface area is 199 Å². The van der Waals surface area contributed by atoms with Gasteiger partial charge in [-0.2, -0.15) is 0 Å². The average molecular weight is 491 g/mol. The van der Waals surface area contributed by atoms with E-state index in [4.69, 9.17) is 4.74 Å². The monoisotopic (exact) mass is 490 g/mol. The second-order valence-corrected chi connectivity index (χ2v) is 11.5. The van der Waals surface area contributed by atoms with Crippen LogP contribution in [0.15, 0.2) is 24.3 Å². The topological polar surface area (TPSA) is 118 Å². The van der Waals surface area contributed by atoms with Gasteiger partial charge in [0.05, 0.1) is 22.6 Å². The predicted molar refractivity (Wildman–Crippen MR) is 123 cm³/mol. The Hall–Kier alpha value is -2.75. The van der Waals surface area contributed by atoms with Crippen LogP contribution in [0.4, 0.5) is 0 Å². The van der Waals surface area contributed by atoms with Gasteiger partial charge in [0.25, 0.3) is 17.7 Å². The summed E-state index contributed by atoms with van der Waals surface area (Å²) in [6.07, 6.45) is 5.35. The van der Waals surface area contributed by atoms with Crippen LogP contribution in [0, 0.1) is 0 Å². The molecule has 1 saturated carbocycles. The van der Waals surface area contributed by atoms with Crippen LogP contribution in [0.2, 0.25) is 0 Å². The number of imide groups is 1. The molecule has 1 unspecified atom stereocenters. The lowest BCUT2D eigenvalue weighted by atomic mass is 9.93. The zero-order chi connectivity index (χ0) is 24.3. The van der Waals surface area contributed by atoms with E-state index in [1.54, 1.807) is 29.2 Å². The van der Waals surface area contributed by atoms with E-state index in [1.807, 2.05) is 0 Å². The fourth-order valence-corrected chi connectivity index (χ4v) is 6.88. The van der Waals surface area contributed by atoms with Crippen LogP contribution in [0.5, 0.6) is 0 Å². The summed E-state index contributed by atoms with van der Waals surface area (Å²) in [4.78, 5) is 52.8. The maximum absolute atomic E-state index is 13.0. The molecule has 2 fully saturated rings. The minimum Gasteiger partial charge on any atom is -0.456 e. The van der Waals surface area contributed by atoms with Crippen LogP contribution < -0.4 is 0 Å². The Kier molecular flexibility index (Phi) is 7.35. The van der Waals surface area contributed by atoms with Gasteiger partial charge in [-0.15, -0.1) is 0 Å². The molecule has 0 spiro atoms. The number of hydrogen-bond acceptors (Lipinski definition) is 7. The van der Waals surface area contributed by atoms with Crippen molar-refractivity contribution >= 4 is 33.5 Å². The SMILES string of the molecule is O=C(CCCN1C(=O)c2ccccc2C1=O)OCC(=O)N(C1CCCCC1)C1CCS(=O)(=O)C1. The lowest BCUT2D eigenvalue weighted by Crippen LogP contribution is -2.50. The molecule has 3 amide bonds. The molecule has 10 heteroatoms. The number of nitrogens with zero attached hydrogens (tertiary/aromatic N) is 2. The van der Waals surface area contributed by atoms with Gasteiger partial charge in [-0.05, 0) is 37.8 Å². The fraction of sp³-hybridized carbons (Fsp3) is 0.583. The number of esters is 1. The Morgan fingerprint density at radius 2 is 1.62 bits per heavy atom. The summed E-state index contributed by atoms with van der Waals surface area (Å²) in [6, 6.07) is 6.20. The largest absolute Gasteiger partial charge is 0.456 e. The normalized spacial score (nSPS) is 22.0. The molecule has 34 heavy (non-hydrogen) atoms. The van der Waals surface area contributed by atoms with E-state index in [0.29, 0.717) is 17.5 Å². The van der Waals surface area contributed by atoms with Gasteiger partial charge in [0, 0.05) is 25.0 Å². The first-order valence-corrected chi connectivity index (χ1v) is 13.7. The standard InChI is InChI=1S/C24H30N2O7S/c27-21(26(17-7-2-1-3-8-17)18-12-14-34(31,32)16-18)15-33-22(28)11-6-13-25-23(29)19-9-4-5-10-20(19)24(25)30/h4-5,9-10,17-18H,1-3,6-8,11-16H2. The highest BCUT2D eigenvalue weighted by atomic mass is 32.2. The minimum absolute atomic E-state index is 0.0212. The third kappa shape index (κ3) is 5.32. The summed E-state index contributed by atoms with van der Waals surface area (Å²) in [7, 11) is -3.15. The molecule has 1 atom stereocenters. The second-order valence-electron chi connectivity index (χ2n) is 9.22. The van der Waals surface area contributed by atoms with Crippen molar-refractivity contribution in [1.29, 1.82) is 0 Å². The molecule has 184 valence electrons. The maximum Gasteiger partial charge on any atom is 0.306 e. The number of amides is 3. The summed E-state index contributed by atoms with van der Waals surface area (Å²) < 4.78 is 29.2. The number of carbonyl (C=O) groups is 4. The van der Waals surface area contributed by atoms with E-state index < -0.39 is 22.4 Å². The molecule has 0 bridgehead atoms. The van der Waals surface area contributed by atoms with Crippen LogP contribution in [-0.2, 0) is 24.2 Å². The smallest absolute Gasteiger partial charge is 0.306 e. The zero-order valence-electron chi connectivity index (χ0n) is 19.1. The number of rotatable bonds is 8. The molecule has 0 aromatic heterocycles. The molecule has 2 heterocycles. The average Bonchev–Trinajstić information content (AvgIpc) is 3.30. The highest BCUT2D eigenvalue weighted by Crippen LogP contribution is 2.28. The van der Waals surface area contributed by atoms with E-state index in [9.17, 15) is 27.6 Å².